The lowest BCUT2D eigenvalue weighted by molar-refractivity contribution is -0.136. The fourth-order valence-electron chi connectivity index (χ4n) is 2.88. The van der Waals surface area contributed by atoms with E-state index in [1.165, 1.54) is 12.8 Å². The van der Waals surface area contributed by atoms with E-state index in [1.807, 2.05) is 29.2 Å². The molecule has 0 spiro atoms. The largest absolute Gasteiger partial charge is 0.399 e. The molecule has 104 valence electrons. The molecule has 1 aliphatic rings. The number of carbonyl (C=O) groups excluding carboxylic acids is 1. The highest BCUT2D eigenvalue weighted by atomic mass is 16.2. The van der Waals surface area contributed by atoms with Crippen LogP contribution in [0, 0.1) is 5.92 Å². The quantitative estimate of drug-likeness (QED) is 0.826. The van der Waals surface area contributed by atoms with Crippen LogP contribution < -0.4 is 5.73 Å². The number of carbonyl (C=O) groups is 1. The zero-order chi connectivity index (χ0) is 13.7. The first kappa shape index (κ1) is 13.9. The summed E-state index contributed by atoms with van der Waals surface area (Å²) in [6, 6.07) is 7.84. The predicted molar refractivity (Wildman–Crippen MR) is 78.5 cm³/mol. The van der Waals surface area contributed by atoms with Crippen molar-refractivity contribution in [1.29, 1.82) is 0 Å². The van der Waals surface area contributed by atoms with Crippen molar-refractivity contribution in [2.24, 2.45) is 5.92 Å². The van der Waals surface area contributed by atoms with Crippen molar-refractivity contribution in [2.45, 2.75) is 45.6 Å². The molecule has 1 aliphatic carbocycles. The van der Waals surface area contributed by atoms with Crippen molar-refractivity contribution in [3.05, 3.63) is 29.8 Å². The average Bonchev–Trinajstić information content (AvgIpc) is 2.91. The van der Waals surface area contributed by atoms with Crippen molar-refractivity contribution in [3.8, 4) is 0 Å². The van der Waals surface area contributed by atoms with Crippen LogP contribution in [-0.2, 0) is 11.3 Å². The lowest BCUT2D eigenvalue weighted by Crippen LogP contribution is -2.35. The van der Waals surface area contributed by atoms with Crippen molar-refractivity contribution in [2.75, 3.05) is 12.3 Å². The van der Waals surface area contributed by atoms with Gasteiger partial charge in [0.2, 0.25) is 5.91 Å². The summed E-state index contributed by atoms with van der Waals surface area (Å²) in [5.41, 5.74) is 7.69. The monoisotopic (exact) mass is 260 g/mol. The lowest BCUT2D eigenvalue weighted by atomic mass is 10.1. The topological polar surface area (TPSA) is 46.3 Å². The molecule has 0 unspecified atom stereocenters. The van der Waals surface area contributed by atoms with Gasteiger partial charge in [-0.2, -0.15) is 0 Å². The number of benzene rings is 1. The van der Waals surface area contributed by atoms with E-state index in [-0.39, 0.29) is 5.92 Å². The molecule has 19 heavy (non-hydrogen) atoms. The molecule has 0 atom stereocenters. The van der Waals surface area contributed by atoms with Gasteiger partial charge in [0.25, 0.3) is 0 Å². The van der Waals surface area contributed by atoms with Gasteiger partial charge in [-0.25, -0.2) is 0 Å². The van der Waals surface area contributed by atoms with E-state index in [2.05, 4.69) is 6.92 Å². The minimum absolute atomic E-state index is 0.257. The van der Waals surface area contributed by atoms with Gasteiger partial charge in [-0.05, 0) is 37.0 Å². The molecule has 0 bridgehead atoms. The van der Waals surface area contributed by atoms with Crippen LogP contribution in [0.3, 0.4) is 0 Å². The van der Waals surface area contributed by atoms with E-state index < -0.39 is 0 Å². The summed E-state index contributed by atoms with van der Waals surface area (Å²) in [4.78, 5) is 14.5. The highest BCUT2D eigenvalue weighted by Crippen LogP contribution is 2.27. The number of amides is 1. The molecule has 3 nitrogen and oxygen atoms in total. The zero-order valence-corrected chi connectivity index (χ0v) is 11.8. The van der Waals surface area contributed by atoms with Crippen LogP contribution in [0.15, 0.2) is 24.3 Å². The summed E-state index contributed by atoms with van der Waals surface area (Å²) in [6.45, 7) is 3.65. The molecule has 1 fully saturated rings. The van der Waals surface area contributed by atoms with E-state index in [4.69, 9.17) is 5.73 Å². The van der Waals surface area contributed by atoms with Gasteiger partial charge in [0.15, 0.2) is 0 Å². The maximum Gasteiger partial charge on any atom is 0.225 e. The van der Waals surface area contributed by atoms with Crippen LogP contribution >= 0.6 is 0 Å². The highest BCUT2D eigenvalue weighted by Gasteiger charge is 2.26. The Hall–Kier alpha value is -1.51. The molecule has 1 aromatic rings. The third kappa shape index (κ3) is 3.72. The fourth-order valence-corrected chi connectivity index (χ4v) is 2.88. The number of hydrogen-bond acceptors (Lipinski definition) is 2. The number of nitrogens with zero attached hydrogens (tertiary/aromatic N) is 1. The second-order valence-electron chi connectivity index (χ2n) is 5.49. The number of anilines is 1. The molecule has 3 heteroatoms. The standard InChI is InChI=1S/C16H24N2O/c1-2-10-18(16(19)14-7-3-4-8-14)12-13-6-5-9-15(17)11-13/h5-6,9,11,14H,2-4,7-8,10,12,17H2,1H3. The van der Waals surface area contributed by atoms with Gasteiger partial charge in [-0.15, -0.1) is 0 Å². The number of nitrogens with two attached hydrogens (primary N) is 1. The van der Waals surface area contributed by atoms with Crippen LogP contribution in [0.4, 0.5) is 5.69 Å². The smallest absolute Gasteiger partial charge is 0.225 e. The van der Waals surface area contributed by atoms with Crippen molar-refractivity contribution >= 4 is 11.6 Å². The van der Waals surface area contributed by atoms with E-state index in [9.17, 15) is 4.79 Å². The lowest BCUT2D eigenvalue weighted by Gasteiger charge is -2.25. The van der Waals surface area contributed by atoms with E-state index >= 15 is 0 Å². The van der Waals surface area contributed by atoms with E-state index in [0.717, 1.165) is 37.1 Å². The molecular weight excluding hydrogens is 236 g/mol. The van der Waals surface area contributed by atoms with Crippen LogP contribution in [0.5, 0.6) is 0 Å². The van der Waals surface area contributed by atoms with Gasteiger partial charge in [0.05, 0.1) is 0 Å². The molecule has 1 aromatic carbocycles. The second-order valence-corrected chi connectivity index (χ2v) is 5.49. The molecule has 0 aliphatic heterocycles. The minimum atomic E-state index is 0.257. The Morgan fingerprint density at radius 1 is 1.37 bits per heavy atom. The van der Waals surface area contributed by atoms with Crippen molar-refractivity contribution in [3.63, 3.8) is 0 Å². The summed E-state index contributed by atoms with van der Waals surface area (Å²) < 4.78 is 0. The van der Waals surface area contributed by atoms with Gasteiger partial charge in [0.1, 0.15) is 0 Å². The summed E-state index contributed by atoms with van der Waals surface area (Å²) in [6.07, 6.45) is 5.54. The van der Waals surface area contributed by atoms with Gasteiger partial charge in [0, 0.05) is 24.7 Å². The summed E-state index contributed by atoms with van der Waals surface area (Å²) >= 11 is 0. The highest BCUT2D eigenvalue weighted by molar-refractivity contribution is 5.79. The summed E-state index contributed by atoms with van der Waals surface area (Å²) in [7, 11) is 0. The maximum atomic E-state index is 12.5. The third-order valence-electron chi connectivity index (χ3n) is 3.83. The molecular formula is C16H24N2O. The van der Waals surface area contributed by atoms with Crippen LogP contribution in [0.2, 0.25) is 0 Å². The van der Waals surface area contributed by atoms with Crippen LogP contribution in [0.1, 0.15) is 44.6 Å². The first-order valence-electron chi connectivity index (χ1n) is 7.34. The predicted octanol–water partition coefficient (Wildman–Crippen LogP) is 3.20. The fraction of sp³-hybridized carbons (Fsp3) is 0.562. The Balaban J connectivity index is 2.04. The summed E-state index contributed by atoms with van der Waals surface area (Å²) in [5.74, 6) is 0.592. The van der Waals surface area contributed by atoms with E-state index in [1.54, 1.807) is 0 Å². The van der Waals surface area contributed by atoms with Gasteiger partial charge < -0.3 is 10.6 Å². The van der Waals surface area contributed by atoms with Crippen LogP contribution in [0.25, 0.3) is 0 Å². The molecule has 0 aromatic heterocycles. The van der Waals surface area contributed by atoms with Crippen molar-refractivity contribution in [1.82, 2.24) is 4.90 Å². The Kier molecular flexibility index (Phi) is 4.83. The van der Waals surface area contributed by atoms with E-state index in [0.29, 0.717) is 12.5 Å². The Morgan fingerprint density at radius 3 is 2.74 bits per heavy atom. The van der Waals surface area contributed by atoms with Gasteiger partial charge >= 0.3 is 0 Å². The van der Waals surface area contributed by atoms with Crippen molar-refractivity contribution < 1.29 is 4.79 Å². The first-order chi connectivity index (χ1) is 9.20. The summed E-state index contributed by atoms with van der Waals surface area (Å²) in [5, 5.41) is 0. The SMILES string of the molecule is CCCN(Cc1cccc(N)c1)C(=O)C1CCCC1. The Bertz CT molecular complexity index is 425. The zero-order valence-electron chi connectivity index (χ0n) is 11.8. The molecule has 1 amide bonds. The average molecular weight is 260 g/mol. The van der Waals surface area contributed by atoms with Gasteiger partial charge in [-0.3, -0.25) is 4.79 Å². The minimum Gasteiger partial charge on any atom is -0.399 e. The van der Waals surface area contributed by atoms with Crippen LogP contribution in [-0.4, -0.2) is 17.4 Å². The molecule has 2 N–H and O–H groups in total. The molecule has 0 heterocycles. The molecule has 0 saturated heterocycles. The number of rotatable bonds is 5. The number of hydrogen-bond donors (Lipinski definition) is 1. The molecule has 0 radical (unpaired) electrons. The Labute approximate surface area is 115 Å². The molecule has 1 saturated carbocycles. The Morgan fingerprint density at radius 2 is 2.11 bits per heavy atom. The number of nitrogen functional groups attached to an aromatic ring is 1. The van der Waals surface area contributed by atoms with Gasteiger partial charge in [-0.1, -0.05) is 31.9 Å². The second kappa shape index (κ2) is 6.60. The first-order valence-corrected chi connectivity index (χ1v) is 7.34. The molecule has 2 rings (SSSR count). The normalized spacial score (nSPS) is 15.6. The maximum absolute atomic E-state index is 12.5. The third-order valence-corrected chi connectivity index (χ3v) is 3.83.